The normalized spacial score (nSPS) is 11.6. The van der Waals surface area contributed by atoms with E-state index in [-0.39, 0.29) is 29.4 Å². The van der Waals surface area contributed by atoms with Gasteiger partial charge in [0.15, 0.2) is 6.61 Å². The molecule has 0 saturated heterocycles. The molecule has 0 radical (unpaired) electrons. The molecule has 0 bridgehead atoms. The summed E-state index contributed by atoms with van der Waals surface area (Å²) in [4.78, 5) is 41.7. The maximum absolute atomic E-state index is 13.0. The SMILES string of the molecule is CCN(CC)C(=O)COc1ccc(NC(=O)C(Cc2c[nH]c3ccccc23)NC(C)=O)cc1Cl. The maximum Gasteiger partial charge on any atom is 0.260 e. The lowest BCUT2D eigenvalue weighted by atomic mass is 10.0. The van der Waals surface area contributed by atoms with E-state index in [2.05, 4.69) is 15.6 Å². The molecule has 3 aromatic rings. The van der Waals surface area contributed by atoms with Crippen LogP contribution in [0.2, 0.25) is 5.02 Å². The highest BCUT2D eigenvalue weighted by Crippen LogP contribution is 2.28. The molecule has 0 aliphatic carbocycles. The van der Waals surface area contributed by atoms with Crippen LogP contribution in [0.1, 0.15) is 26.3 Å². The van der Waals surface area contributed by atoms with Crippen molar-refractivity contribution in [1.82, 2.24) is 15.2 Å². The number of hydrogen-bond acceptors (Lipinski definition) is 4. The van der Waals surface area contributed by atoms with Crippen LogP contribution in [0.25, 0.3) is 10.9 Å². The third-order valence-corrected chi connectivity index (χ3v) is 5.76. The summed E-state index contributed by atoms with van der Waals surface area (Å²) in [5.74, 6) is -0.465. The Morgan fingerprint density at radius 1 is 1.12 bits per heavy atom. The molecule has 8 nitrogen and oxygen atoms in total. The number of likely N-dealkylation sites (N-methyl/N-ethyl adjacent to an activating group) is 1. The van der Waals surface area contributed by atoms with Crippen molar-refractivity contribution in [3.8, 4) is 5.75 Å². The van der Waals surface area contributed by atoms with Crippen molar-refractivity contribution in [2.24, 2.45) is 0 Å². The van der Waals surface area contributed by atoms with Crippen molar-refractivity contribution in [3.05, 3.63) is 59.2 Å². The second-order valence-electron chi connectivity index (χ2n) is 7.81. The monoisotopic (exact) mass is 484 g/mol. The fourth-order valence-corrected chi connectivity index (χ4v) is 3.94. The van der Waals surface area contributed by atoms with Crippen LogP contribution in [0.15, 0.2) is 48.7 Å². The first-order valence-corrected chi connectivity index (χ1v) is 11.5. The number of benzene rings is 2. The predicted octanol–water partition coefficient (Wildman–Crippen LogP) is 3.75. The highest BCUT2D eigenvalue weighted by molar-refractivity contribution is 6.32. The van der Waals surface area contributed by atoms with Gasteiger partial charge >= 0.3 is 0 Å². The van der Waals surface area contributed by atoms with Crippen LogP contribution in [0.4, 0.5) is 5.69 Å². The van der Waals surface area contributed by atoms with Gasteiger partial charge in [-0.25, -0.2) is 0 Å². The van der Waals surface area contributed by atoms with Gasteiger partial charge in [-0.3, -0.25) is 14.4 Å². The minimum atomic E-state index is -0.780. The van der Waals surface area contributed by atoms with E-state index >= 15 is 0 Å². The number of hydrogen-bond donors (Lipinski definition) is 3. The van der Waals surface area contributed by atoms with Gasteiger partial charge in [-0.2, -0.15) is 0 Å². The van der Waals surface area contributed by atoms with Crippen LogP contribution in [0, 0.1) is 0 Å². The Balaban J connectivity index is 1.68. The second-order valence-corrected chi connectivity index (χ2v) is 8.21. The number of aromatic nitrogens is 1. The number of nitrogens with zero attached hydrogens (tertiary/aromatic N) is 1. The Bertz CT molecular complexity index is 1170. The highest BCUT2D eigenvalue weighted by atomic mass is 35.5. The minimum absolute atomic E-state index is 0.123. The number of anilines is 1. The molecule has 180 valence electrons. The van der Waals surface area contributed by atoms with Gasteiger partial charge in [0.25, 0.3) is 5.91 Å². The number of nitrogens with one attached hydrogen (secondary N) is 3. The summed E-state index contributed by atoms with van der Waals surface area (Å²) in [6.45, 7) is 6.26. The number of para-hydroxylation sites is 1. The van der Waals surface area contributed by atoms with E-state index in [1.807, 2.05) is 44.3 Å². The highest BCUT2D eigenvalue weighted by Gasteiger charge is 2.22. The Morgan fingerprint density at radius 2 is 1.85 bits per heavy atom. The van der Waals surface area contributed by atoms with Gasteiger partial charge in [0.1, 0.15) is 11.8 Å². The third-order valence-electron chi connectivity index (χ3n) is 5.46. The van der Waals surface area contributed by atoms with Gasteiger partial charge in [-0.1, -0.05) is 29.8 Å². The Kier molecular flexibility index (Phi) is 8.54. The molecule has 0 saturated carbocycles. The van der Waals surface area contributed by atoms with Gasteiger partial charge in [0.05, 0.1) is 5.02 Å². The molecule has 3 amide bonds. The van der Waals surface area contributed by atoms with Crippen molar-refractivity contribution < 1.29 is 19.1 Å². The number of carbonyl (C=O) groups is 3. The van der Waals surface area contributed by atoms with Gasteiger partial charge in [0.2, 0.25) is 11.8 Å². The minimum Gasteiger partial charge on any atom is -0.482 e. The Morgan fingerprint density at radius 3 is 2.53 bits per heavy atom. The lowest BCUT2D eigenvalue weighted by Crippen LogP contribution is -2.44. The summed E-state index contributed by atoms with van der Waals surface area (Å²) < 4.78 is 5.56. The summed E-state index contributed by atoms with van der Waals surface area (Å²) in [5.41, 5.74) is 2.33. The standard InChI is InChI=1S/C25H29ClN4O4/c1-4-30(5-2)24(32)15-34-23-11-10-18(13-20(23)26)29-25(33)22(28-16(3)31)12-17-14-27-21-9-7-6-8-19(17)21/h6-11,13-14,22,27H,4-5,12,15H2,1-3H3,(H,28,31)(H,29,33). The smallest absolute Gasteiger partial charge is 0.260 e. The lowest BCUT2D eigenvalue weighted by Gasteiger charge is -2.19. The van der Waals surface area contributed by atoms with Crippen molar-refractivity contribution in [3.63, 3.8) is 0 Å². The molecule has 9 heteroatoms. The molecule has 3 N–H and O–H groups in total. The first-order valence-electron chi connectivity index (χ1n) is 11.1. The summed E-state index contributed by atoms with van der Waals surface area (Å²) in [7, 11) is 0. The van der Waals surface area contributed by atoms with E-state index < -0.39 is 6.04 Å². The quantitative estimate of drug-likeness (QED) is 0.407. The molecule has 0 fully saturated rings. The molecule has 1 atom stereocenters. The lowest BCUT2D eigenvalue weighted by molar-refractivity contribution is -0.133. The molecule has 3 rings (SSSR count). The molecule has 0 aliphatic rings. The van der Waals surface area contributed by atoms with Gasteiger partial charge in [0, 0.05) is 49.2 Å². The summed E-state index contributed by atoms with van der Waals surface area (Å²) in [5, 5.41) is 6.77. The second kappa shape index (κ2) is 11.6. The van der Waals surface area contributed by atoms with Gasteiger partial charge in [-0.15, -0.1) is 0 Å². The number of halogens is 1. The zero-order valence-electron chi connectivity index (χ0n) is 19.5. The van der Waals surface area contributed by atoms with E-state index in [1.165, 1.54) is 6.92 Å². The number of aromatic amines is 1. The van der Waals surface area contributed by atoms with Crippen LogP contribution in [-0.4, -0.2) is 53.3 Å². The number of rotatable bonds is 10. The van der Waals surface area contributed by atoms with E-state index in [1.54, 1.807) is 23.1 Å². The van der Waals surface area contributed by atoms with Gasteiger partial charge in [-0.05, 0) is 43.7 Å². The van der Waals surface area contributed by atoms with Crippen molar-refractivity contribution in [2.75, 3.05) is 25.0 Å². The number of fused-ring (bicyclic) bond motifs is 1. The van der Waals surface area contributed by atoms with E-state index in [9.17, 15) is 14.4 Å². The predicted molar refractivity (Wildman–Crippen MR) is 133 cm³/mol. The third kappa shape index (κ3) is 6.29. The number of ether oxygens (including phenoxy) is 1. The molecule has 0 aliphatic heterocycles. The van der Waals surface area contributed by atoms with Crippen LogP contribution in [0.5, 0.6) is 5.75 Å². The van der Waals surface area contributed by atoms with E-state index in [4.69, 9.17) is 16.3 Å². The first kappa shape index (κ1) is 25.1. The Labute approximate surface area is 203 Å². The van der Waals surface area contributed by atoms with Crippen molar-refractivity contribution in [2.45, 2.75) is 33.2 Å². The summed E-state index contributed by atoms with van der Waals surface area (Å²) in [6, 6.07) is 11.8. The molecule has 34 heavy (non-hydrogen) atoms. The summed E-state index contributed by atoms with van der Waals surface area (Å²) in [6.07, 6.45) is 2.16. The average Bonchev–Trinajstić information content (AvgIpc) is 3.21. The maximum atomic E-state index is 13.0. The number of amides is 3. The summed E-state index contributed by atoms with van der Waals surface area (Å²) >= 11 is 6.31. The zero-order chi connectivity index (χ0) is 24.7. The fourth-order valence-electron chi connectivity index (χ4n) is 3.71. The van der Waals surface area contributed by atoms with Crippen LogP contribution in [0.3, 0.4) is 0 Å². The molecule has 1 unspecified atom stereocenters. The number of H-pyrrole nitrogens is 1. The number of carbonyl (C=O) groups excluding carboxylic acids is 3. The topological polar surface area (TPSA) is 104 Å². The van der Waals surface area contributed by atoms with Gasteiger partial charge < -0.3 is 25.3 Å². The molecule has 1 aromatic heterocycles. The average molecular weight is 485 g/mol. The fraction of sp³-hybridized carbons (Fsp3) is 0.320. The first-order chi connectivity index (χ1) is 16.3. The molecule has 1 heterocycles. The zero-order valence-corrected chi connectivity index (χ0v) is 20.2. The van der Waals surface area contributed by atoms with E-state index in [0.717, 1.165) is 16.5 Å². The Hall–Kier alpha value is -3.52. The van der Waals surface area contributed by atoms with Crippen LogP contribution < -0.4 is 15.4 Å². The largest absolute Gasteiger partial charge is 0.482 e. The molecule has 2 aromatic carbocycles. The van der Waals surface area contributed by atoms with Crippen LogP contribution in [-0.2, 0) is 20.8 Å². The van der Waals surface area contributed by atoms with Crippen molar-refractivity contribution in [1.29, 1.82) is 0 Å². The molecular weight excluding hydrogens is 456 g/mol. The molecule has 0 spiro atoms. The van der Waals surface area contributed by atoms with Crippen molar-refractivity contribution >= 4 is 45.9 Å². The molecular formula is C25H29ClN4O4. The van der Waals surface area contributed by atoms with E-state index in [0.29, 0.717) is 30.9 Å². The van der Waals surface area contributed by atoms with Crippen LogP contribution >= 0.6 is 11.6 Å².